The molecule has 0 amide bonds. The molecule has 84 valence electrons. The summed E-state index contributed by atoms with van der Waals surface area (Å²) in [6, 6.07) is 0.770. The first-order valence-corrected chi connectivity index (χ1v) is 5.77. The Morgan fingerprint density at radius 1 is 1.53 bits per heavy atom. The molecule has 0 fully saturated rings. The van der Waals surface area contributed by atoms with Crippen molar-refractivity contribution < 1.29 is 17.9 Å². The minimum Gasteiger partial charge on any atom is -0.405 e. The van der Waals surface area contributed by atoms with E-state index in [2.05, 4.69) is 25.7 Å². The van der Waals surface area contributed by atoms with Crippen LogP contribution in [-0.2, 0) is 5.33 Å². The van der Waals surface area contributed by atoms with Crippen LogP contribution in [0.5, 0.6) is 5.75 Å². The maximum Gasteiger partial charge on any atom is 0.573 e. The third-order valence-corrected chi connectivity index (χ3v) is 2.90. The summed E-state index contributed by atoms with van der Waals surface area (Å²) in [6.45, 7) is 0. The normalized spacial score (nSPS) is 11.5. The van der Waals surface area contributed by atoms with Crippen molar-refractivity contribution in [2.45, 2.75) is 11.7 Å². The Labute approximate surface area is 104 Å². The van der Waals surface area contributed by atoms with Gasteiger partial charge in [0.2, 0.25) is 0 Å². The van der Waals surface area contributed by atoms with Gasteiger partial charge in [0.15, 0.2) is 0 Å². The Morgan fingerprint density at radius 3 is 2.60 bits per heavy atom. The van der Waals surface area contributed by atoms with Gasteiger partial charge in [-0.05, 0) is 22.6 Å². The minimum atomic E-state index is -4.80. The standard InChI is InChI=1S/C7H4BrF3INO2/c8-2-3-4(15-7(9,10)11)1-5(14)13-6(3)12/h1H,2H2,(H,13,14). The van der Waals surface area contributed by atoms with E-state index in [-0.39, 0.29) is 10.9 Å². The van der Waals surface area contributed by atoms with E-state index >= 15 is 0 Å². The van der Waals surface area contributed by atoms with Crippen LogP contribution in [0.4, 0.5) is 13.2 Å². The molecule has 0 unspecified atom stereocenters. The number of rotatable bonds is 2. The average molecular weight is 398 g/mol. The van der Waals surface area contributed by atoms with Crippen LogP contribution < -0.4 is 10.3 Å². The van der Waals surface area contributed by atoms with E-state index in [1.165, 1.54) is 0 Å². The highest BCUT2D eigenvalue weighted by Gasteiger charge is 2.32. The summed E-state index contributed by atoms with van der Waals surface area (Å²) in [7, 11) is 0. The fourth-order valence-corrected chi connectivity index (χ4v) is 2.68. The summed E-state index contributed by atoms with van der Waals surface area (Å²) in [4.78, 5) is 13.3. The van der Waals surface area contributed by atoms with Crippen molar-refractivity contribution in [3.05, 3.63) is 25.7 Å². The molecule has 0 aliphatic heterocycles. The van der Waals surface area contributed by atoms with Gasteiger partial charge in [0.25, 0.3) is 5.56 Å². The third-order valence-electron chi connectivity index (χ3n) is 1.42. The highest BCUT2D eigenvalue weighted by Crippen LogP contribution is 2.28. The molecule has 15 heavy (non-hydrogen) atoms. The molecule has 0 atom stereocenters. The number of ether oxygens (including phenoxy) is 1. The third kappa shape index (κ3) is 3.67. The number of nitrogens with one attached hydrogen (secondary N) is 1. The summed E-state index contributed by atoms with van der Waals surface area (Å²) in [5, 5.41) is 0.160. The van der Waals surface area contributed by atoms with Crippen molar-refractivity contribution in [2.75, 3.05) is 0 Å². The molecule has 1 N–H and O–H groups in total. The van der Waals surface area contributed by atoms with Gasteiger partial charge >= 0.3 is 6.36 Å². The van der Waals surface area contributed by atoms with Crippen LogP contribution in [0.3, 0.4) is 0 Å². The van der Waals surface area contributed by atoms with Gasteiger partial charge in [-0.15, -0.1) is 13.2 Å². The molecule has 1 aromatic rings. The van der Waals surface area contributed by atoms with Crippen molar-refractivity contribution in [1.82, 2.24) is 4.98 Å². The van der Waals surface area contributed by atoms with Gasteiger partial charge in [0, 0.05) is 17.0 Å². The molecule has 0 aliphatic rings. The predicted octanol–water partition coefficient (Wildman–Crippen LogP) is 2.77. The number of H-pyrrole nitrogens is 1. The number of hydrogen-bond acceptors (Lipinski definition) is 2. The zero-order valence-corrected chi connectivity index (χ0v) is 10.7. The molecule has 1 aromatic heterocycles. The summed E-state index contributed by atoms with van der Waals surface area (Å²) in [6.07, 6.45) is -4.80. The van der Waals surface area contributed by atoms with Crippen LogP contribution in [0.2, 0.25) is 0 Å². The zero-order valence-electron chi connectivity index (χ0n) is 6.99. The van der Waals surface area contributed by atoms with Crippen LogP contribution in [0.1, 0.15) is 5.56 Å². The first-order valence-electron chi connectivity index (χ1n) is 3.57. The maximum atomic E-state index is 12.0. The molecular formula is C7H4BrF3INO2. The second kappa shape index (κ2) is 4.73. The number of pyridine rings is 1. The van der Waals surface area contributed by atoms with E-state index in [1.54, 1.807) is 22.6 Å². The van der Waals surface area contributed by atoms with Crippen molar-refractivity contribution in [1.29, 1.82) is 0 Å². The zero-order chi connectivity index (χ0) is 11.6. The largest absolute Gasteiger partial charge is 0.573 e. The Morgan fingerprint density at radius 2 is 2.13 bits per heavy atom. The van der Waals surface area contributed by atoms with Crippen LogP contribution in [-0.4, -0.2) is 11.3 Å². The van der Waals surface area contributed by atoms with E-state index < -0.39 is 17.7 Å². The van der Waals surface area contributed by atoms with Crippen LogP contribution >= 0.6 is 38.5 Å². The SMILES string of the molecule is O=c1cc(OC(F)(F)F)c(CBr)c(I)[nH]1. The predicted molar refractivity (Wildman–Crippen MR) is 59.1 cm³/mol. The summed E-state index contributed by atoms with van der Waals surface area (Å²) in [5.74, 6) is -0.479. The molecule has 0 aliphatic carbocycles. The van der Waals surface area contributed by atoms with Crippen molar-refractivity contribution >= 4 is 38.5 Å². The van der Waals surface area contributed by atoms with E-state index in [4.69, 9.17) is 0 Å². The Balaban J connectivity index is 3.21. The topological polar surface area (TPSA) is 42.1 Å². The van der Waals surface area contributed by atoms with Crippen LogP contribution in [0, 0.1) is 3.70 Å². The Hall–Kier alpha value is -0.250. The van der Waals surface area contributed by atoms with Gasteiger partial charge in [-0.3, -0.25) is 4.79 Å². The van der Waals surface area contributed by atoms with Gasteiger partial charge < -0.3 is 9.72 Å². The number of aromatic amines is 1. The van der Waals surface area contributed by atoms with Gasteiger partial charge in [-0.2, -0.15) is 0 Å². The number of halogens is 5. The highest BCUT2D eigenvalue weighted by atomic mass is 127. The minimum absolute atomic E-state index is 0.160. The monoisotopic (exact) mass is 397 g/mol. The van der Waals surface area contributed by atoms with Crippen LogP contribution in [0.25, 0.3) is 0 Å². The average Bonchev–Trinajstić information content (AvgIpc) is 1.99. The fraction of sp³-hybridized carbons (Fsp3) is 0.286. The molecule has 0 aromatic carbocycles. The molecule has 0 saturated carbocycles. The van der Waals surface area contributed by atoms with Crippen molar-refractivity contribution in [2.24, 2.45) is 0 Å². The molecule has 3 nitrogen and oxygen atoms in total. The van der Waals surface area contributed by atoms with Crippen molar-refractivity contribution in [3.63, 3.8) is 0 Å². The molecule has 0 radical (unpaired) electrons. The Bertz CT molecular complexity index is 418. The summed E-state index contributed by atoms with van der Waals surface area (Å²) >= 11 is 4.75. The number of aromatic nitrogens is 1. The fourth-order valence-electron chi connectivity index (χ4n) is 0.874. The second-order valence-electron chi connectivity index (χ2n) is 2.47. The maximum absolute atomic E-state index is 12.0. The lowest BCUT2D eigenvalue weighted by atomic mass is 10.3. The van der Waals surface area contributed by atoms with E-state index in [1.807, 2.05) is 0 Å². The van der Waals surface area contributed by atoms with Gasteiger partial charge in [-0.25, -0.2) is 0 Å². The summed E-state index contributed by atoms with van der Waals surface area (Å²) in [5.41, 5.74) is -0.379. The molecule has 8 heteroatoms. The molecule has 1 rings (SSSR count). The lowest BCUT2D eigenvalue weighted by Gasteiger charge is -2.12. The highest BCUT2D eigenvalue weighted by molar-refractivity contribution is 14.1. The first-order chi connectivity index (χ1) is 6.83. The first kappa shape index (κ1) is 12.8. The van der Waals surface area contributed by atoms with Gasteiger partial charge in [0.1, 0.15) is 5.75 Å². The van der Waals surface area contributed by atoms with Gasteiger partial charge in [-0.1, -0.05) is 15.9 Å². The summed E-state index contributed by atoms with van der Waals surface area (Å²) < 4.78 is 40.0. The Kier molecular flexibility index (Phi) is 4.04. The number of alkyl halides is 4. The van der Waals surface area contributed by atoms with Crippen LogP contribution in [0.15, 0.2) is 10.9 Å². The molecule has 0 saturated heterocycles. The lowest BCUT2D eigenvalue weighted by molar-refractivity contribution is -0.274. The molecule has 1 heterocycles. The van der Waals surface area contributed by atoms with E-state index in [9.17, 15) is 18.0 Å². The molecular weight excluding hydrogens is 394 g/mol. The van der Waals surface area contributed by atoms with Gasteiger partial charge in [0.05, 0.1) is 3.70 Å². The van der Waals surface area contributed by atoms with E-state index in [0.29, 0.717) is 3.70 Å². The second-order valence-corrected chi connectivity index (χ2v) is 4.11. The quantitative estimate of drug-likeness (QED) is 0.473. The van der Waals surface area contributed by atoms with Crippen molar-refractivity contribution in [3.8, 4) is 5.75 Å². The lowest BCUT2D eigenvalue weighted by Crippen LogP contribution is -2.20. The van der Waals surface area contributed by atoms with E-state index in [0.717, 1.165) is 6.07 Å². The smallest absolute Gasteiger partial charge is 0.405 e. The molecule has 0 spiro atoms. The number of hydrogen-bond donors (Lipinski definition) is 1. The molecule has 0 bridgehead atoms.